The molecule has 1 aliphatic heterocycles. The monoisotopic (exact) mass is 342 g/mol. The summed E-state index contributed by atoms with van der Waals surface area (Å²) in [7, 11) is 0. The summed E-state index contributed by atoms with van der Waals surface area (Å²) in [6, 6.07) is 7.58. The number of likely N-dealkylation sites (tertiary alicyclic amines) is 1. The Labute approximate surface area is 138 Å². The SMILES string of the molecule is O=C(NCC(F)(F)F)[C@@H]1CCCN([C@@H]2Cc3ccccc3[C@@H]2O)C1. The predicted molar refractivity (Wildman–Crippen MR) is 82.3 cm³/mol. The molecular formula is C17H21F3N2O2. The Morgan fingerprint density at radius 2 is 2.08 bits per heavy atom. The summed E-state index contributed by atoms with van der Waals surface area (Å²) in [4.78, 5) is 14.1. The van der Waals surface area contributed by atoms with E-state index >= 15 is 0 Å². The first-order chi connectivity index (χ1) is 11.3. The first kappa shape index (κ1) is 17.2. The van der Waals surface area contributed by atoms with Crippen molar-refractivity contribution in [1.82, 2.24) is 10.2 Å². The lowest BCUT2D eigenvalue weighted by Gasteiger charge is -2.37. The number of aliphatic hydroxyl groups is 1. The molecule has 1 aromatic rings. The first-order valence-corrected chi connectivity index (χ1v) is 8.19. The van der Waals surface area contributed by atoms with Crippen molar-refractivity contribution in [3.8, 4) is 0 Å². The van der Waals surface area contributed by atoms with Crippen LogP contribution in [0.5, 0.6) is 0 Å². The first-order valence-electron chi connectivity index (χ1n) is 8.19. The molecule has 4 nitrogen and oxygen atoms in total. The van der Waals surface area contributed by atoms with Crippen molar-refractivity contribution >= 4 is 5.91 Å². The van der Waals surface area contributed by atoms with Gasteiger partial charge in [-0.15, -0.1) is 0 Å². The fraction of sp³-hybridized carbons (Fsp3) is 0.588. The Kier molecular flexibility index (Phi) is 4.83. The molecule has 1 aromatic carbocycles. The zero-order valence-electron chi connectivity index (χ0n) is 13.2. The van der Waals surface area contributed by atoms with E-state index in [4.69, 9.17) is 0 Å². The molecule has 0 aromatic heterocycles. The van der Waals surface area contributed by atoms with Gasteiger partial charge in [-0.25, -0.2) is 0 Å². The molecule has 0 radical (unpaired) electrons. The quantitative estimate of drug-likeness (QED) is 0.884. The zero-order chi connectivity index (χ0) is 17.3. The molecule has 0 saturated carbocycles. The molecule has 24 heavy (non-hydrogen) atoms. The highest BCUT2D eigenvalue weighted by Crippen LogP contribution is 2.36. The zero-order valence-corrected chi connectivity index (χ0v) is 13.2. The Morgan fingerprint density at radius 3 is 2.79 bits per heavy atom. The normalized spacial score (nSPS) is 27.8. The molecule has 132 valence electrons. The minimum absolute atomic E-state index is 0.111. The number of rotatable bonds is 3. The van der Waals surface area contributed by atoms with Crippen LogP contribution >= 0.6 is 0 Å². The van der Waals surface area contributed by atoms with Crippen molar-refractivity contribution in [1.29, 1.82) is 0 Å². The average molecular weight is 342 g/mol. The summed E-state index contributed by atoms with van der Waals surface area (Å²) >= 11 is 0. The number of hydrogen-bond acceptors (Lipinski definition) is 3. The maximum atomic E-state index is 12.3. The van der Waals surface area contributed by atoms with E-state index in [1.165, 1.54) is 0 Å². The maximum Gasteiger partial charge on any atom is 0.405 e. The van der Waals surface area contributed by atoms with Crippen LogP contribution in [-0.2, 0) is 11.2 Å². The van der Waals surface area contributed by atoms with Crippen molar-refractivity contribution in [2.45, 2.75) is 37.6 Å². The number of alkyl halides is 3. The van der Waals surface area contributed by atoms with E-state index in [9.17, 15) is 23.1 Å². The van der Waals surface area contributed by atoms with Crippen molar-refractivity contribution in [2.24, 2.45) is 5.92 Å². The van der Waals surface area contributed by atoms with Crippen LogP contribution in [0.1, 0.15) is 30.1 Å². The standard InChI is InChI=1S/C17H21F3N2O2/c18-17(19,20)10-21-16(24)12-5-3-7-22(9-12)14-8-11-4-1-2-6-13(11)15(14)23/h1-2,4,6,12,14-15,23H,3,5,7-10H2,(H,21,24)/t12-,14-,15+/m1/s1. The summed E-state index contributed by atoms with van der Waals surface area (Å²) in [6.45, 7) is -0.155. The van der Waals surface area contributed by atoms with Gasteiger partial charge in [0, 0.05) is 12.6 Å². The van der Waals surface area contributed by atoms with Gasteiger partial charge in [-0.3, -0.25) is 9.69 Å². The van der Waals surface area contributed by atoms with E-state index in [2.05, 4.69) is 0 Å². The molecule has 0 bridgehead atoms. The number of carbonyl (C=O) groups is 1. The van der Waals surface area contributed by atoms with E-state index in [0.29, 0.717) is 19.4 Å². The number of piperidine rings is 1. The summed E-state index contributed by atoms with van der Waals surface area (Å²) in [5.74, 6) is -1.01. The smallest absolute Gasteiger partial charge is 0.387 e. The van der Waals surface area contributed by atoms with Gasteiger partial charge in [0.05, 0.1) is 12.0 Å². The minimum Gasteiger partial charge on any atom is -0.387 e. The molecular weight excluding hydrogens is 321 g/mol. The van der Waals surface area contributed by atoms with E-state index < -0.39 is 30.7 Å². The van der Waals surface area contributed by atoms with Gasteiger partial charge >= 0.3 is 6.18 Å². The molecule has 1 aliphatic carbocycles. The number of amides is 1. The fourth-order valence-electron chi connectivity index (χ4n) is 3.73. The van der Waals surface area contributed by atoms with E-state index in [1.54, 1.807) is 0 Å². The number of hydrogen-bond donors (Lipinski definition) is 2. The largest absolute Gasteiger partial charge is 0.405 e. The second-order valence-electron chi connectivity index (χ2n) is 6.58. The summed E-state index contributed by atoms with van der Waals surface area (Å²) in [6.07, 6.45) is -2.99. The van der Waals surface area contributed by atoms with E-state index in [0.717, 1.165) is 24.1 Å². The number of nitrogens with one attached hydrogen (secondary N) is 1. The Bertz CT molecular complexity index is 606. The lowest BCUT2D eigenvalue weighted by molar-refractivity contribution is -0.142. The van der Waals surface area contributed by atoms with Gasteiger partial charge in [0.25, 0.3) is 0 Å². The number of fused-ring (bicyclic) bond motifs is 1. The molecule has 0 unspecified atom stereocenters. The van der Waals surface area contributed by atoms with Gasteiger partial charge in [-0.05, 0) is 36.9 Å². The van der Waals surface area contributed by atoms with Crippen LogP contribution in [0.25, 0.3) is 0 Å². The highest BCUT2D eigenvalue weighted by atomic mass is 19.4. The van der Waals surface area contributed by atoms with Crippen molar-refractivity contribution in [3.05, 3.63) is 35.4 Å². The van der Waals surface area contributed by atoms with Crippen LogP contribution in [0, 0.1) is 5.92 Å². The van der Waals surface area contributed by atoms with Crippen LogP contribution in [0.2, 0.25) is 0 Å². The Hall–Kier alpha value is -1.60. The van der Waals surface area contributed by atoms with Gasteiger partial charge in [-0.2, -0.15) is 13.2 Å². The van der Waals surface area contributed by atoms with Gasteiger partial charge in [0.15, 0.2) is 0 Å². The number of benzene rings is 1. The average Bonchev–Trinajstić information content (AvgIpc) is 2.89. The second kappa shape index (κ2) is 6.72. The lowest BCUT2D eigenvalue weighted by Crippen LogP contribution is -2.49. The van der Waals surface area contributed by atoms with Crippen LogP contribution in [0.15, 0.2) is 24.3 Å². The fourth-order valence-corrected chi connectivity index (χ4v) is 3.73. The molecule has 0 spiro atoms. The molecule has 7 heteroatoms. The van der Waals surface area contributed by atoms with Crippen LogP contribution in [-0.4, -0.2) is 47.8 Å². The molecule has 3 rings (SSSR count). The molecule has 1 fully saturated rings. The van der Waals surface area contributed by atoms with Crippen LogP contribution < -0.4 is 5.32 Å². The third-order valence-electron chi connectivity index (χ3n) is 4.92. The van der Waals surface area contributed by atoms with Crippen molar-refractivity contribution in [2.75, 3.05) is 19.6 Å². The van der Waals surface area contributed by atoms with Gasteiger partial charge in [0.2, 0.25) is 5.91 Å². The summed E-state index contributed by atoms with van der Waals surface area (Å²) in [5.41, 5.74) is 2.00. The van der Waals surface area contributed by atoms with Gasteiger partial charge in [-0.1, -0.05) is 24.3 Å². The lowest BCUT2D eigenvalue weighted by atomic mass is 9.94. The maximum absolute atomic E-state index is 12.3. The van der Waals surface area contributed by atoms with E-state index in [1.807, 2.05) is 34.5 Å². The predicted octanol–water partition coefficient (Wildman–Crippen LogP) is 2.04. The molecule has 1 saturated heterocycles. The summed E-state index contributed by atoms with van der Waals surface area (Å²) in [5, 5.41) is 12.5. The highest BCUT2D eigenvalue weighted by molar-refractivity contribution is 5.79. The second-order valence-corrected chi connectivity index (χ2v) is 6.58. The Balaban J connectivity index is 1.61. The van der Waals surface area contributed by atoms with Crippen molar-refractivity contribution in [3.63, 3.8) is 0 Å². The Morgan fingerprint density at radius 1 is 1.33 bits per heavy atom. The number of carbonyl (C=O) groups excluding carboxylic acids is 1. The van der Waals surface area contributed by atoms with Gasteiger partial charge < -0.3 is 10.4 Å². The molecule has 2 N–H and O–H groups in total. The third-order valence-corrected chi connectivity index (χ3v) is 4.92. The molecule has 2 aliphatic rings. The minimum atomic E-state index is -4.40. The molecule has 3 atom stereocenters. The number of nitrogens with zero attached hydrogens (tertiary/aromatic N) is 1. The number of aliphatic hydroxyl groups excluding tert-OH is 1. The number of halogens is 3. The highest BCUT2D eigenvalue weighted by Gasteiger charge is 2.38. The van der Waals surface area contributed by atoms with Crippen LogP contribution in [0.4, 0.5) is 13.2 Å². The third kappa shape index (κ3) is 3.72. The van der Waals surface area contributed by atoms with Gasteiger partial charge in [0.1, 0.15) is 6.54 Å². The summed E-state index contributed by atoms with van der Waals surface area (Å²) < 4.78 is 36.8. The molecule has 1 amide bonds. The van der Waals surface area contributed by atoms with Crippen molar-refractivity contribution < 1.29 is 23.1 Å². The van der Waals surface area contributed by atoms with Crippen LogP contribution in [0.3, 0.4) is 0 Å². The van der Waals surface area contributed by atoms with E-state index in [-0.39, 0.29) is 6.04 Å². The molecule has 1 heterocycles. The topological polar surface area (TPSA) is 52.6 Å².